The van der Waals surface area contributed by atoms with Crippen LogP contribution in [-0.2, 0) is 27.8 Å². The summed E-state index contributed by atoms with van der Waals surface area (Å²) in [5.74, 6) is -0.219. The Labute approximate surface area is 183 Å². The second kappa shape index (κ2) is 7.85. The smallest absolute Gasteiger partial charge is 0.262 e. The normalized spacial score (nSPS) is 17.2. The molecule has 0 spiro atoms. The van der Waals surface area contributed by atoms with E-state index in [1.807, 2.05) is 0 Å². The van der Waals surface area contributed by atoms with Gasteiger partial charge in [0.1, 0.15) is 11.4 Å². The summed E-state index contributed by atoms with van der Waals surface area (Å²) in [5, 5.41) is 2.31. The summed E-state index contributed by atoms with van der Waals surface area (Å²) in [4.78, 5) is 32.3. The molecular formula is C21H22N4O4S2. The van der Waals surface area contributed by atoms with Crippen LogP contribution in [0.5, 0.6) is 0 Å². The lowest BCUT2D eigenvalue weighted by Gasteiger charge is -2.26. The summed E-state index contributed by atoms with van der Waals surface area (Å²) in [6.07, 6.45) is 4.83. The van der Waals surface area contributed by atoms with Crippen molar-refractivity contribution in [2.75, 3.05) is 24.5 Å². The van der Waals surface area contributed by atoms with Gasteiger partial charge in [-0.05, 0) is 54.5 Å². The molecule has 0 N–H and O–H groups in total. The minimum atomic E-state index is -3.51. The average molecular weight is 459 g/mol. The number of amides is 1. The standard InChI is InChI=1S/C21H22N4O4S2/c26-19(13-23-14-22-20-17(21(23)27)7-11-30-20)25-10-6-15-12-16(4-5-18(15)25)31(28,29)24-8-2-1-3-9-24/h4-5,7,11-12,14H,1-3,6,8-10,13H2. The van der Waals surface area contributed by atoms with Crippen LogP contribution in [0.15, 0.2) is 45.7 Å². The van der Waals surface area contributed by atoms with Crippen LogP contribution in [0.25, 0.3) is 10.2 Å². The molecule has 0 radical (unpaired) electrons. The fourth-order valence-corrected chi connectivity index (χ4v) is 6.58. The first kappa shape index (κ1) is 20.3. The Balaban J connectivity index is 1.38. The molecule has 0 aliphatic carbocycles. The molecule has 0 unspecified atom stereocenters. The summed E-state index contributed by atoms with van der Waals surface area (Å²) >= 11 is 1.39. The zero-order valence-electron chi connectivity index (χ0n) is 16.9. The first-order valence-corrected chi connectivity index (χ1v) is 12.6. The third kappa shape index (κ3) is 3.58. The van der Waals surface area contributed by atoms with Crippen LogP contribution in [0.1, 0.15) is 24.8 Å². The molecule has 4 heterocycles. The first-order chi connectivity index (χ1) is 14.9. The molecule has 10 heteroatoms. The molecule has 0 bridgehead atoms. The molecule has 1 amide bonds. The van der Waals surface area contributed by atoms with Gasteiger partial charge in [-0.3, -0.25) is 14.2 Å². The highest BCUT2D eigenvalue weighted by atomic mass is 32.2. The van der Waals surface area contributed by atoms with Gasteiger partial charge in [0.05, 0.1) is 16.6 Å². The summed E-state index contributed by atoms with van der Waals surface area (Å²) in [5.41, 5.74) is 1.31. The van der Waals surface area contributed by atoms with Crippen molar-refractivity contribution < 1.29 is 13.2 Å². The van der Waals surface area contributed by atoms with Gasteiger partial charge in [0, 0.05) is 25.3 Å². The maximum atomic E-state index is 13.0. The van der Waals surface area contributed by atoms with E-state index >= 15 is 0 Å². The van der Waals surface area contributed by atoms with Crippen molar-refractivity contribution in [1.29, 1.82) is 0 Å². The number of aromatic nitrogens is 2. The summed E-state index contributed by atoms with van der Waals surface area (Å²) in [6, 6.07) is 6.70. The number of thiophene rings is 1. The van der Waals surface area contributed by atoms with E-state index in [-0.39, 0.29) is 22.9 Å². The maximum Gasteiger partial charge on any atom is 0.262 e. The SMILES string of the molecule is O=C(Cn1cnc2sccc2c1=O)N1CCc2cc(S(=O)(=O)N3CCCCC3)ccc21. The lowest BCUT2D eigenvalue weighted by molar-refractivity contribution is -0.119. The molecule has 2 aliphatic heterocycles. The van der Waals surface area contributed by atoms with Gasteiger partial charge in [-0.25, -0.2) is 13.4 Å². The highest BCUT2D eigenvalue weighted by molar-refractivity contribution is 7.89. The Hall–Kier alpha value is -2.56. The van der Waals surface area contributed by atoms with Gasteiger partial charge in [0.25, 0.3) is 5.56 Å². The third-order valence-electron chi connectivity index (χ3n) is 5.96. The van der Waals surface area contributed by atoms with Gasteiger partial charge < -0.3 is 4.90 Å². The number of hydrogen-bond acceptors (Lipinski definition) is 6. The predicted molar refractivity (Wildman–Crippen MR) is 119 cm³/mol. The Morgan fingerprint density at radius 2 is 1.90 bits per heavy atom. The van der Waals surface area contributed by atoms with Crippen LogP contribution in [0.3, 0.4) is 0 Å². The highest BCUT2D eigenvalue weighted by Gasteiger charge is 2.30. The molecule has 1 saturated heterocycles. The minimum absolute atomic E-state index is 0.106. The molecular weight excluding hydrogens is 436 g/mol. The molecule has 2 aliphatic rings. The van der Waals surface area contributed by atoms with Gasteiger partial charge in [-0.2, -0.15) is 4.31 Å². The summed E-state index contributed by atoms with van der Waals surface area (Å²) in [7, 11) is -3.51. The van der Waals surface area contributed by atoms with Crippen molar-refractivity contribution >= 4 is 43.2 Å². The number of rotatable bonds is 4. The first-order valence-electron chi connectivity index (χ1n) is 10.3. The van der Waals surface area contributed by atoms with Crippen molar-refractivity contribution in [1.82, 2.24) is 13.9 Å². The predicted octanol–water partition coefficient (Wildman–Crippen LogP) is 2.22. The average Bonchev–Trinajstić information content (AvgIpc) is 3.43. The minimum Gasteiger partial charge on any atom is -0.310 e. The number of carbonyl (C=O) groups is 1. The number of hydrogen-bond donors (Lipinski definition) is 0. The lowest BCUT2D eigenvalue weighted by atomic mass is 10.2. The van der Waals surface area contributed by atoms with E-state index in [1.165, 1.54) is 22.2 Å². The molecule has 1 aromatic carbocycles. The Bertz CT molecular complexity index is 1320. The van der Waals surface area contributed by atoms with Crippen LogP contribution >= 0.6 is 11.3 Å². The van der Waals surface area contributed by atoms with E-state index in [0.717, 1.165) is 24.8 Å². The lowest BCUT2D eigenvalue weighted by Crippen LogP contribution is -2.36. The van der Waals surface area contributed by atoms with Crippen LogP contribution in [-0.4, -0.2) is 47.8 Å². The number of piperidine rings is 1. The molecule has 2 aromatic heterocycles. The Morgan fingerprint density at radius 1 is 1.10 bits per heavy atom. The molecule has 3 aromatic rings. The fraction of sp³-hybridized carbons (Fsp3) is 0.381. The van der Waals surface area contributed by atoms with Crippen LogP contribution < -0.4 is 10.5 Å². The number of nitrogens with zero attached hydrogens (tertiary/aromatic N) is 4. The second-order valence-electron chi connectivity index (χ2n) is 7.87. The number of fused-ring (bicyclic) bond motifs is 2. The van der Waals surface area contributed by atoms with Crippen LogP contribution in [0.4, 0.5) is 5.69 Å². The van der Waals surface area contributed by atoms with Crippen LogP contribution in [0, 0.1) is 0 Å². The van der Waals surface area contributed by atoms with E-state index in [0.29, 0.717) is 42.0 Å². The number of sulfonamides is 1. The van der Waals surface area contributed by atoms with Gasteiger partial charge in [-0.1, -0.05) is 6.42 Å². The van der Waals surface area contributed by atoms with Gasteiger partial charge >= 0.3 is 0 Å². The van der Waals surface area contributed by atoms with Gasteiger partial charge in [0.2, 0.25) is 15.9 Å². The monoisotopic (exact) mass is 458 g/mol. The van der Waals surface area contributed by atoms with E-state index in [4.69, 9.17) is 0 Å². The number of benzene rings is 1. The molecule has 1 fully saturated rings. The zero-order chi connectivity index (χ0) is 21.6. The number of carbonyl (C=O) groups excluding carboxylic acids is 1. The third-order valence-corrected chi connectivity index (χ3v) is 8.67. The van der Waals surface area contributed by atoms with Crippen molar-refractivity contribution in [3.63, 3.8) is 0 Å². The molecule has 8 nitrogen and oxygen atoms in total. The van der Waals surface area contributed by atoms with Crippen molar-refractivity contribution in [3.05, 3.63) is 51.9 Å². The Kier molecular flexibility index (Phi) is 5.15. The molecule has 0 saturated carbocycles. The largest absolute Gasteiger partial charge is 0.310 e. The molecule has 31 heavy (non-hydrogen) atoms. The fourth-order valence-electron chi connectivity index (χ4n) is 4.29. The summed E-state index contributed by atoms with van der Waals surface area (Å²) < 4.78 is 28.8. The van der Waals surface area contributed by atoms with E-state index in [9.17, 15) is 18.0 Å². The quantitative estimate of drug-likeness (QED) is 0.598. The highest BCUT2D eigenvalue weighted by Crippen LogP contribution is 2.32. The van der Waals surface area contributed by atoms with E-state index in [1.54, 1.807) is 38.9 Å². The Morgan fingerprint density at radius 3 is 2.71 bits per heavy atom. The topological polar surface area (TPSA) is 92.6 Å². The van der Waals surface area contributed by atoms with Crippen LogP contribution in [0.2, 0.25) is 0 Å². The van der Waals surface area contributed by atoms with Gasteiger partial charge in [0.15, 0.2) is 0 Å². The maximum absolute atomic E-state index is 13.0. The summed E-state index contributed by atoms with van der Waals surface area (Å²) in [6.45, 7) is 1.47. The number of anilines is 1. The van der Waals surface area contributed by atoms with Crippen molar-refractivity contribution in [3.8, 4) is 0 Å². The van der Waals surface area contributed by atoms with Crippen molar-refractivity contribution in [2.24, 2.45) is 0 Å². The second-order valence-corrected chi connectivity index (χ2v) is 10.7. The molecule has 5 rings (SSSR count). The molecule has 162 valence electrons. The zero-order valence-corrected chi connectivity index (χ0v) is 18.5. The van der Waals surface area contributed by atoms with Crippen molar-refractivity contribution in [2.45, 2.75) is 37.1 Å². The van der Waals surface area contributed by atoms with E-state index in [2.05, 4.69) is 4.98 Å². The van der Waals surface area contributed by atoms with Gasteiger partial charge in [-0.15, -0.1) is 11.3 Å². The van der Waals surface area contributed by atoms with E-state index < -0.39 is 10.0 Å². The molecule has 0 atom stereocenters.